The number of aliphatic hydroxyl groups excluding tert-OH is 3. The van der Waals surface area contributed by atoms with Crippen molar-refractivity contribution in [1.82, 2.24) is 0 Å². The van der Waals surface area contributed by atoms with Gasteiger partial charge in [-0.1, -0.05) is 289 Å². The van der Waals surface area contributed by atoms with Gasteiger partial charge in [-0.25, -0.2) is 14.2 Å². The fourth-order valence-corrected chi connectivity index (χ4v) is 12.6. The van der Waals surface area contributed by atoms with Crippen LogP contribution >= 0.6 is 0 Å². The van der Waals surface area contributed by atoms with Gasteiger partial charge < -0.3 is 48.2 Å². The van der Waals surface area contributed by atoms with Crippen LogP contribution in [0.1, 0.15) is 363 Å². The first kappa shape index (κ1) is 96.5. The highest BCUT2D eigenvalue weighted by Gasteiger charge is 2.29. The lowest BCUT2D eigenvalue weighted by Gasteiger charge is -2.30. The molecular weight excluding hydrogens is 1280 g/mol. The minimum absolute atomic E-state index is 0.0152. The molecule has 0 aromatic carbocycles. The maximum atomic E-state index is 13.4. The third kappa shape index (κ3) is 62.6. The summed E-state index contributed by atoms with van der Waals surface area (Å²) in [6, 6.07) is 0. The van der Waals surface area contributed by atoms with E-state index in [9.17, 15) is 44.1 Å². The number of likely N-dealkylation sites (N-methyl/N-ethyl adjacent to an activating group) is 1. The zero-order valence-electron chi connectivity index (χ0n) is 65.9. The minimum atomic E-state index is -1.19. The average molecular weight is 1430 g/mol. The van der Waals surface area contributed by atoms with Crippen molar-refractivity contribution in [3.05, 3.63) is 36.5 Å². The molecule has 0 aliphatic rings. The summed E-state index contributed by atoms with van der Waals surface area (Å²) in [7, 11) is 4.09. The van der Waals surface area contributed by atoms with Crippen molar-refractivity contribution in [3.63, 3.8) is 0 Å². The molecule has 17 heteroatoms. The summed E-state index contributed by atoms with van der Waals surface area (Å²) in [5.41, 5.74) is 0. The highest BCUT2D eigenvalue weighted by molar-refractivity contribution is 5.73. The van der Waals surface area contributed by atoms with E-state index in [0.29, 0.717) is 30.3 Å². The van der Waals surface area contributed by atoms with Gasteiger partial charge in [0, 0.05) is 13.3 Å². The largest absolute Gasteiger partial charge is 0.461 e. The standard InChI is InChI=1S/C84H154N2O15/c1-10-15-20-22-24-26-28-30-32-34-36-38-40-42-44-55-66-85(7)68-83(94)100-78(61-47-18-13-4)75(89)59-51-54-65-82(93)99-73(70-96-80(91)63-52-49-57-74(88)77(98-72(6)87)60-46-17-12-3)71-97-81(92)64-53-50-58-76(90)79(62-48-19-14-5)101-84(95)69-86(8,9)67-56-45-43-41-39-37-35-33-31-29-27-25-23-21-16-11-2/h49-54,73-79,88-90H,7,10-48,55-71H2,1-6,8-9H3/q+2/b52-49+,53-50+,54-51+. The zero-order chi connectivity index (χ0) is 74.7. The van der Waals surface area contributed by atoms with E-state index in [0.717, 1.165) is 90.0 Å². The number of hydrogen-bond acceptors (Lipinski definition) is 15. The van der Waals surface area contributed by atoms with E-state index < -0.39 is 85.8 Å². The van der Waals surface area contributed by atoms with E-state index in [1.807, 2.05) is 14.1 Å². The van der Waals surface area contributed by atoms with Gasteiger partial charge in [-0.15, -0.1) is 0 Å². The molecular formula is C84H154N2O15+2. The average Bonchev–Trinajstić information content (AvgIpc) is 0.957. The fraction of sp³-hybridized carbons (Fsp3) is 0.845. The lowest BCUT2D eigenvalue weighted by molar-refractivity contribution is -0.883. The van der Waals surface area contributed by atoms with E-state index in [1.165, 1.54) is 199 Å². The summed E-state index contributed by atoms with van der Waals surface area (Å²) in [4.78, 5) is 77.7. The summed E-state index contributed by atoms with van der Waals surface area (Å²) >= 11 is 0. The fourth-order valence-electron chi connectivity index (χ4n) is 12.6. The van der Waals surface area contributed by atoms with Crippen LogP contribution in [0.4, 0.5) is 0 Å². The molecule has 101 heavy (non-hydrogen) atoms. The van der Waals surface area contributed by atoms with Crippen LogP contribution in [-0.2, 0) is 57.2 Å². The van der Waals surface area contributed by atoms with E-state index in [1.54, 1.807) is 28.9 Å². The molecule has 0 radical (unpaired) electrons. The quantitative estimate of drug-likeness (QED) is 0.00980. The van der Waals surface area contributed by atoms with Crippen LogP contribution in [0.25, 0.3) is 0 Å². The SMILES string of the molecule is C=[N+](CCCCCCCCCCCCCCCCCC)CC(=O)OC(CCCCC)C(O)C/C=C/CC(=O)OC(COC(=O)C/C=C/CC(O)C(CCCCC)OC(C)=O)COC(=O)C/C=C/CC(O)C(CCCCC)OC(=O)C[N+](C)(C)CCCCCCCCCCCCCCCCCC. The van der Waals surface area contributed by atoms with Crippen molar-refractivity contribution in [2.24, 2.45) is 0 Å². The molecule has 7 unspecified atom stereocenters. The topological polar surface area (TPSA) is 221 Å². The molecule has 0 bridgehead atoms. The highest BCUT2D eigenvalue weighted by Crippen LogP contribution is 2.21. The molecule has 0 fully saturated rings. The molecule has 0 saturated carbocycles. The Morgan fingerprint density at radius 1 is 0.366 bits per heavy atom. The molecule has 0 saturated heterocycles. The predicted molar refractivity (Wildman–Crippen MR) is 411 cm³/mol. The first-order valence-electron chi connectivity index (χ1n) is 41.2. The van der Waals surface area contributed by atoms with E-state index >= 15 is 0 Å². The minimum Gasteiger partial charge on any atom is -0.461 e. The third-order valence-corrected chi connectivity index (χ3v) is 18.9. The Morgan fingerprint density at radius 2 is 0.663 bits per heavy atom. The van der Waals surface area contributed by atoms with Crippen molar-refractivity contribution >= 4 is 42.5 Å². The van der Waals surface area contributed by atoms with E-state index in [-0.39, 0.29) is 57.6 Å². The van der Waals surface area contributed by atoms with Crippen molar-refractivity contribution in [2.75, 3.05) is 53.5 Å². The Balaban J connectivity index is 5.52. The normalized spacial score (nSPS) is 14.0. The van der Waals surface area contributed by atoms with Gasteiger partial charge in [0.2, 0.25) is 6.54 Å². The molecule has 0 aliphatic heterocycles. The number of rotatable bonds is 73. The molecule has 0 rings (SSSR count). The van der Waals surface area contributed by atoms with Crippen LogP contribution in [-0.4, -0.2) is 163 Å². The van der Waals surface area contributed by atoms with Crippen LogP contribution in [0.15, 0.2) is 36.5 Å². The Bertz CT molecular complexity index is 2130. The number of quaternary nitrogens is 1. The van der Waals surface area contributed by atoms with Gasteiger partial charge in [-0.2, -0.15) is 0 Å². The lowest BCUT2D eigenvalue weighted by atomic mass is 10.0. The second-order valence-corrected chi connectivity index (χ2v) is 29.6. The molecule has 0 aliphatic carbocycles. The van der Waals surface area contributed by atoms with Crippen molar-refractivity contribution in [1.29, 1.82) is 0 Å². The highest BCUT2D eigenvalue weighted by atomic mass is 16.6. The van der Waals surface area contributed by atoms with Gasteiger partial charge in [0.15, 0.2) is 12.6 Å². The van der Waals surface area contributed by atoms with Gasteiger partial charge in [-0.05, 0) is 77.0 Å². The van der Waals surface area contributed by atoms with Crippen molar-refractivity contribution in [3.8, 4) is 0 Å². The van der Waals surface area contributed by atoms with Crippen molar-refractivity contribution < 1.29 is 81.6 Å². The summed E-state index contributed by atoms with van der Waals surface area (Å²) < 4.78 is 36.1. The molecule has 588 valence electrons. The monoisotopic (exact) mass is 1430 g/mol. The molecule has 0 amide bonds. The van der Waals surface area contributed by atoms with Crippen LogP contribution in [0.3, 0.4) is 0 Å². The Morgan fingerprint density at radius 3 is 1.01 bits per heavy atom. The van der Waals surface area contributed by atoms with Gasteiger partial charge in [0.1, 0.15) is 44.8 Å². The Labute approximate surface area is 616 Å². The zero-order valence-corrected chi connectivity index (χ0v) is 65.9. The number of ether oxygens (including phenoxy) is 6. The smallest absolute Gasteiger partial charge is 0.372 e. The molecule has 0 aromatic heterocycles. The number of unbranched alkanes of at least 4 members (excludes halogenated alkanes) is 36. The molecule has 3 N–H and O–H groups in total. The Kier molecular flexibility index (Phi) is 65.6. The van der Waals surface area contributed by atoms with Gasteiger partial charge >= 0.3 is 35.8 Å². The summed E-state index contributed by atoms with van der Waals surface area (Å²) in [6.07, 6.45) is 53.9. The number of nitrogens with zero attached hydrogens (tertiary/aromatic N) is 2. The summed E-state index contributed by atoms with van der Waals surface area (Å²) in [6.45, 7) is 17.0. The molecule has 7 atom stereocenters. The summed E-state index contributed by atoms with van der Waals surface area (Å²) in [5.74, 6) is -3.33. The van der Waals surface area contributed by atoms with Gasteiger partial charge in [0.25, 0.3) is 0 Å². The van der Waals surface area contributed by atoms with Gasteiger partial charge in [0.05, 0.1) is 58.2 Å². The van der Waals surface area contributed by atoms with E-state index in [2.05, 4.69) is 41.3 Å². The van der Waals surface area contributed by atoms with Crippen LogP contribution < -0.4 is 0 Å². The maximum Gasteiger partial charge on any atom is 0.372 e. The predicted octanol–water partition coefficient (Wildman–Crippen LogP) is 18.9. The second-order valence-electron chi connectivity index (χ2n) is 29.6. The first-order chi connectivity index (χ1) is 48.8. The lowest BCUT2D eigenvalue weighted by Crippen LogP contribution is -2.46. The van der Waals surface area contributed by atoms with Crippen LogP contribution in [0, 0.1) is 0 Å². The number of carbonyl (C=O) groups is 6. The van der Waals surface area contributed by atoms with Crippen molar-refractivity contribution in [2.45, 2.75) is 405 Å². The van der Waals surface area contributed by atoms with Gasteiger partial charge in [-0.3, -0.25) is 19.2 Å². The Hall–Kier alpha value is -4.45. The second kappa shape index (κ2) is 68.6. The van der Waals surface area contributed by atoms with E-state index in [4.69, 9.17) is 28.4 Å². The first-order valence-corrected chi connectivity index (χ1v) is 41.2. The third-order valence-electron chi connectivity index (χ3n) is 18.9. The molecule has 17 nitrogen and oxygen atoms in total. The van der Waals surface area contributed by atoms with Crippen LogP contribution in [0.5, 0.6) is 0 Å². The summed E-state index contributed by atoms with van der Waals surface area (Å²) in [5, 5.41) is 33.4. The molecule has 0 aromatic rings. The number of hydrogen-bond donors (Lipinski definition) is 3. The number of carbonyl (C=O) groups excluding carboxylic acids is 6. The molecule has 0 spiro atoms. The van der Waals surface area contributed by atoms with Crippen LogP contribution in [0.2, 0.25) is 0 Å². The molecule has 0 heterocycles. The number of aliphatic hydroxyl groups is 3. The maximum absolute atomic E-state index is 13.4. The number of esters is 6.